The minimum absolute atomic E-state index is 0.154. The van der Waals surface area contributed by atoms with Crippen molar-refractivity contribution in [3.8, 4) is 10.6 Å². The van der Waals surface area contributed by atoms with Crippen LogP contribution in [-0.4, -0.2) is 68.2 Å². The van der Waals surface area contributed by atoms with Crippen molar-refractivity contribution in [2.24, 2.45) is 0 Å². The molecule has 25 heavy (non-hydrogen) atoms. The zero-order chi connectivity index (χ0) is 17.4. The Morgan fingerprint density at radius 3 is 2.56 bits per heavy atom. The van der Waals surface area contributed by atoms with E-state index in [2.05, 4.69) is 27.1 Å². The van der Waals surface area contributed by atoms with E-state index in [4.69, 9.17) is 0 Å². The third-order valence-corrected chi connectivity index (χ3v) is 5.33. The molecule has 1 fully saturated rings. The van der Waals surface area contributed by atoms with Gasteiger partial charge >= 0.3 is 0 Å². The Labute approximate surface area is 147 Å². The van der Waals surface area contributed by atoms with Crippen molar-refractivity contribution in [2.75, 3.05) is 32.7 Å². The maximum absolute atomic E-state index is 13.1. The predicted molar refractivity (Wildman–Crippen MR) is 92.1 cm³/mol. The van der Waals surface area contributed by atoms with Gasteiger partial charge in [-0.3, -0.25) is 4.79 Å². The normalized spacial score (nSPS) is 15.8. The summed E-state index contributed by atoms with van der Waals surface area (Å²) in [5.41, 5.74) is 0.784. The van der Waals surface area contributed by atoms with Crippen molar-refractivity contribution < 1.29 is 9.18 Å². The highest BCUT2D eigenvalue weighted by Crippen LogP contribution is 2.25. The first-order valence-corrected chi connectivity index (χ1v) is 8.97. The molecule has 1 saturated heterocycles. The molecule has 0 N–H and O–H groups in total. The molecular formula is C16H17FN6OS. The lowest BCUT2D eigenvalue weighted by atomic mass is 10.2. The van der Waals surface area contributed by atoms with Crippen molar-refractivity contribution in [1.29, 1.82) is 0 Å². The second kappa shape index (κ2) is 6.49. The predicted octanol–water partition coefficient (Wildman–Crippen LogP) is 1.77. The Bertz CT molecular complexity index is 897. The molecule has 0 saturated carbocycles. The second-order valence-corrected chi connectivity index (χ2v) is 6.81. The zero-order valence-corrected chi connectivity index (χ0v) is 14.5. The number of rotatable bonds is 3. The third-order valence-electron chi connectivity index (χ3n) is 4.38. The number of nitrogens with zero attached hydrogens (tertiary/aromatic N) is 6. The second-order valence-electron chi connectivity index (χ2n) is 5.86. The Morgan fingerprint density at radius 2 is 1.88 bits per heavy atom. The highest BCUT2D eigenvalue weighted by atomic mass is 32.1. The van der Waals surface area contributed by atoms with Gasteiger partial charge in [-0.15, -0.1) is 10.2 Å². The van der Waals surface area contributed by atoms with Gasteiger partial charge < -0.3 is 9.80 Å². The third kappa shape index (κ3) is 3.00. The summed E-state index contributed by atoms with van der Waals surface area (Å²) >= 11 is 1.32. The summed E-state index contributed by atoms with van der Waals surface area (Å²) in [4.78, 5) is 17.4. The van der Waals surface area contributed by atoms with Gasteiger partial charge in [0.05, 0.1) is 0 Å². The smallest absolute Gasteiger partial charge is 0.293 e. The molecule has 7 nitrogen and oxygen atoms in total. The number of hydrogen-bond acceptors (Lipinski definition) is 6. The first-order chi connectivity index (χ1) is 12.2. The maximum atomic E-state index is 13.1. The van der Waals surface area contributed by atoms with Crippen molar-refractivity contribution in [3.05, 3.63) is 35.9 Å². The van der Waals surface area contributed by atoms with Crippen LogP contribution < -0.4 is 0 Å². The van der Waals surface area contributed by atoms with E-state index in [1.165, 1.54) is 28.0 Å². The van der Waals surface area contributed by atoms with Crippen LogP contribution in [0.4, 0.5) is 4.39 Å². The number of fused-ring (bicyclic) bond motifs is 1. The molecule has 1 aliphatic heterocycles. The topological polar surface area (TPSA) is 66.6 Å². The van der Waals surface area contributed by atoms with Crippen molar-refractivity contribution in [3.63, 3.8) is 0 Å². The molecule has 130 valence electrons. The van der Waals surface area contributed by atoms with Gasteiger partial charge in [-0.2, -0.15) is 9.61 Å². The van der Waals surface area contributed by atoms with Gasteiger partial charge in [0.25, 0.3) is 5.91 Å². The summed E-state index contributed by atoms with van der Waals surface area (Å²) in [5, 5.41) is 13.2. The van der Waals surface area contributed by atoms with E-state index in [0.717, 1.165) is 25.2 Å². The molecule has 0 atom stereocenters. The monoisotopic (exact) mass is 360 g/mol. The lowest BCUT2D eigenvalue weighted by Crippen LogP contribution is -2.48. The first kappa shape index (κ1) is 16.1. The van der Waals surface area contributed by atoms with Crippen LogP contribution in [0.1, 0.15) is 17.5 Å². The Balaban J connectivity index is 1.60. The average molecular weight is 360 g/mol. The van der Waals surface area contributed by atoms with Crippen LogP contribution in [0.15, 0.2) is 24.3 Å². The molecule has 0 radical (unpaired) electrons. The maximum Gasteiger partial charge on any atom is 0.293 e. The van der Waals surface area contributed by atoms with Gasteiger partial charge in [0.15, 0.2) is 0 Å². The number of benzene rings is 1. The number of carbonyl (C=O) groups excluding carboxylic acids is 1. The summed E-state index contributed by atoms with van der Waals surface area (Å²) in [6.07, 6.45) is 0. The van der Waals surface area contributed by atoms with E-state index in [0.29, 0.717) is 23.1 Å². The molecule has 0 aliphatic carbocycles. The van der Waals surface area contributed by atoms with E-state index in [-0.39, 0.29) is 17.5 Å². The Hall–Kier alpha value is -2.39. The van der Waals surface area contributed by atoms with Gasteiger partial charge in [0, 0.05) is 31.7 Å². The molecule has 2 aromatic heterocycles. The summed E-state index contributed by atoms with van der Waals surface area (Å²) < 4.78 is 14.6. The minimum Gasteiger partial charge on any atom is -0.333 e. The Morgan fingerprint density at radius 1 is 1.16 bits per heavy atom. The summed E-state index contributed by atoms with van der Waals surface area (Å²) in [6, 6.07) is 6.09. The lowest BCUT2D eigenvalue weighted by molar-refractivity contribution is 0.0628. The number of aromatic nitrogens is 4. The molecule has 3 heterocycles. The van der Waals surface area contributed by atoms with Crippen LogP contribution in [0.2, 0.25) is 0 Å². The molecule has 4 rings (SSSR count). The average Bonchev–Trinajstić information content (AvgIpc) is 3.22. The number of amides is 1. The molecular weight excluding hydrogens is 343 g/mol. The molecule has 1 amide bonds. The van der Waals surface area contributed by atoms with E-state index in [9.17, 15) is 9.18 Å². The van der Waals surface area contributed by atoms with Crippen LogP contribution in [0, 0.1) is 5.82 Å². The summed E-state index contributed by atoms with van der Waals surface area (Å²) in [7, 11) is 0. The van der Waals surface area contributed by atoms with Crippen molar-refractivity contribution in [1.82, 2.24) is 29.6 Å². The fourth-order valence-electron chi connectivity index (χ4n) is 2.87. The quantitative estimate of drug-likeness (QED) is 0.712. The molecule has 0 bridgehead atoms. The van der Waals surface area contributed by atoms with E-state index in [1.807, 2.05) is 0 Å². The molecule has 0 spiro atoms. The SMILES string of the molecule is CCN1CCN(C(=O)c2nnc3sc(-c4ccc(F)cc4)nn23)CC1. The van der Waals surface area contributed by atoms with Crippen LogP contribution in [0.3, 0.4) is 0 Å². The van der Waals surface area contributed by atoms with E-state index in [1.54, 1.807) is 17.0 Å². The fourth-order valence-corrected chi connectivity index (χ4v) is 3.71. The number of carbonyl (C=O) groups is 1. The summed E-state index contributed by atoms with van der Waals surface area (Å²) in [6.45, 7) is 6.19. The van der Waals surface area contributed by atoms with Gasteiger partial charge in [0.1, 0.15) is 10.8 Å². The summed E-state index contributed by atoms with van der Waals surface area (Å²) in [5.74, 6) is -0.224. The molecule has 1 aliphatic rings. The zero-order valence-electron chi connectivity index (χ0n) is 13.7. The number of piperazine rings is 1. The standard InChI is InChI=1S/C16H17FN6OS/c1-2-21-7-9-22(10-8-21)15(24)13-18-19-16-23(13)20-14(25-16)11-3-5-12(17)6-4-11/h3-6H,2,7-10H2,1H3. The highest BCUT2D eigenvalue weighted by Gasteiger charge is 2.26. The van der Waals surface area contributed by atoms with Gasteiger partial charge in [-0.25, -0.2) is 4.39 Å². The van der Waals surface area contributed by atoms with Crippen molar-refractivity contribution in [2.45, 2.75) is 6.92 Å². The largest absolute Gasteiger partial charge is 0.333 e. The van der Waals surface area contributed by atoms with Crippen LogP contribution in [0.5, 0.6) is 0 Å². The lowest BCUT2D eigenvalue weighted by Gasteiger charge is -2.33. The first-order valence-electron chi connectivity index (χ1n) is 8.15. The molecule has 3 aromatic rings. The van der Waals surface area contributed by atoms with Crippen LogP contribution in [-0.2, 0) is 0 Å². The van der Waals surface area contributed by atoms with Crippen molar-refractivity contribution >= 4 is 22.2 Å². The van der Waals surface area contributed by atoms with Gasteiger partial charge in [-0.1, -0.05) is 18.3 Å². The number of hydrogen-bond donors (Lipinski definition) is 0. The van der Waals surface area contributed by atoms with Crippen LogP contribution >= 0.6 is 11.3 Å². The fraction of sp³-hybridized carbons (Fsp3) is 0.375. The Kier molecular flexibility index (Phi) is 4.18. The van der Waals surface area contributed by atoms with E-state index >= 15 is 0 Å². The molecule has 0 unspecified atom stereocenters. The number of halogens is 1. The molecule has 1 aromatic carbocycles. The van der Waals surface area contributed by atoms with E-state index < -0.39 is 0 Å². The number of likely N-dealkylation sites (N-methyl/N-ethyl adjacent to an activating group) is 1. The minimum atomic E-state index is -0.297. The molecule has 9 heteroatoms. The highest BCUT2D eigenvalue weighted by molar-refractivity contribution is 7.19. The van der Waals surface area contributed by atoms with Crippen LogP contribution in [0.25, 0.3) is 15.5 Å². The van der Waals surface area contributed by atoms with Gasteiger partial charge in [-0.05, 0) is 30.8 Å². The van der Waals surface area contributed by atoms with Gasteiger partial charge in [0.2, 0.25) is 10.8 Å².